The maximum absolute atomic E-state index is 12.2. The highest BCUT2D eigenvalue weighted by atomic mass is 16.3. The fraction of sp³-hybridized carbons (Fsp3) is 0.294. The molecule has 0 atom stereocenters. The number of carbonyl (C=O) groups is 1. The zero-order valence-electron chi connectivity index (χ0n) is 12.2. The molecule has 0 N–H and O–H groups in total. The van der Waals surface area contributed by atoms with Crippen molar-refractivity contribution in [3.63, 3.8) is 0 Å². The van der Waals surface area contributed by atoms with Gasteiger partial charge in [0.1, 0.15) is 0 Å². The molecule has 0 bridgehead atoms. The Hall–Kier alpha value is -2.58. The number of furan rings is 1. The summed E-state index contributed by atoms with van der Waals surface area (Å²) in [7, 11) is 0. The molecule has 1 fully saturated rings. The van der Waals surface area contributed by atoms with Gasteiger partial charge in [-0.1, -0.05) is 12.1 Å². The number of nitrogens with zero attached hydrogens (tertiary/aromatic N) is 3. The summed E-state index contributed by atoms with van der Waals surface area (Å²) in [6.07, 6.45) is 1.52. The number of piperazine rings is 1. The molecule has 0 spiro atoms. The van der Waals surface area contributed by atoms with Crippen molar-refractivity contribution < 1.29 is 9.21 Å². The summed E-state index contributed by atoms with van der Waals surface area (Å²) in [5.74, 6) is 0.364. The van der Waals surface area contributed by atoms with Gasteiger partial charge in [-0.05, 0) is 29.8 Å². The normalized spacial score (nSPS) is 15.5. The first-order valence-corrected chi connectivity index (χ1v) is 7.30. The van der Waals surface area contributed by atoms with Crippen LogP contribution in [0.2, 0.25) is 0 Å². The lowest BCUT2D eigenvalue weighted by Crippen LogP contribution is -2.48. The fourth-order valence-corrected chi connectivity index (χ4v) is 2.61. The Bertz CT molecular complexity index is 663. The maximum Gasteiger partial charge on any atom is 0.289 e. The summed E-state index contributed by atoms with van der Waals surface area (Å²) in [5, 5.41) is 8.80. The second-order valence-corrected chi connectivity index (χ2v) is 5.35. The molecule has 0 radical (unpaired) electrons. The van der Waals surface area contributed by atoms with Crippen molar-refractivity contribution in [3.05, 3.63) is 59.5 Å². The smallest absolute Gasteiger partial charge is 0.289 e. The second kappa shape index (κ2) is 6.46. The highest BCUT2D eigenvalue weighted by Crippen LogP contribution is 2.12. The van der Waals surface area contributed by atoms with E-state index in [9.17, 15) is 4.79 Å². The van der Waals surface area contributed by atoms with Gasteiger partial charge in [0.15, 0.2) is 5.76 Å². The van der Waals surface area contributed by atoms with Gasteiger partial charge in [-0.15, -0.1) is 0 Å². The van der Waals surface area contributed by atoms with Crippen LogP contribution in [0, 0.1) is 11.3 Å². The van der Waals surface area contributed by atoms with Crippen molar-refractivity contribution >= 4 is 5.91 Å². The Labute approximate surface area is 129 Å². The Morgan fingerprint density at radius 1 is 1.14 bits per heavy atom. The molecule has 5 heteroatoms. The first kappa shape index (κ1) is 14.4. The van der Waals surface area contributed by atoms with Gasteiger partial charge >= 0.3 is 0 Å². The molecular weight excluding hydrogens is 278 g/mol. The third-order valence-corrected chi connectivity index (χ3v) is 3.88. The second-order valence-electron chi connectivity index (χ2n) is 5.35. The first-order valence-electron chi connectivity index (χ1n) is 7.30. The van der Waals surface area contributed by atoms with Gasteiger partial charge in [0.25, 0.3) is 5.91 Å². The predicted octanol–water partition coefficient (Wildman–Crippen LogP) is 2.11. The van der Waals surface area contributed by atoms with Gasteiger partial charge in [-0.25, -0.2) is 0 Å². The first-order chi connectivity index (χ1) is 10.8. The molecule has 2 heterocycles. The van der Waals surface area contributed by atoms with Crippen LogP contribution in [0.1, 0.15) is 21.7 Å². The number of hydrogen-bond acceptors (Lipinski definition) is 4. The number of rotatable bonds is 3. The van der Waals surface area contributed by atoms with Crippen LogP contribution < -0.4 is 0 Å². The van der Waals surface area contributed by atoms with E-state index in [1.807, 2.05) is 29.2 Å². The SMILES string of the molecule is N#Cc1ccc(CN2CCN(C(=O)c3ccco3)CC2)cc1. The van der Waals surface area contributed by atoms with E-state index in [-0.39, 0.29) is 5.91 Å². The Morgan fingerprint density at radius 3 is 2.45 bits per heavy atom. The zero-order chi connectivity index (χ0) is 15.4. The summed E-state index contributed by atoms with van der Waals surface area (Å²) in [6.45, 7) is 3.93. The fourth-order valence-electron chi connectivity index (χ4n) is 2.61. The molecule has 1 aromatic carbocycles. The van der Waals surface area contributed by atoms with E-state index in [1.54, 1.807) is 12.1 Å². The van der Waals surface area contributed by atoms with Gasteiger partial charge in [-0.3, -0.25) is 9.69 Å². The molecule has 0 unspecified atom stereocenters. The molecule has 0 saturated carbocycles. The zero-order valence-corrected chi connectivity index (χ0v) is 12.2. The lowest BCUT2D eigenvalue weighted by atomic mass is 10.1. The largest absolute Gasteiger partial charge is 0.459 e. The van der Waals surface area contributed by atoms with E-state index in [2.05, 4.69) is 11.0 Å². The summed E-state index contributed by atoms with van der Waals surface area (Å²) in [5.41, 5.74) is 1.86. The van der Waals surface area contributed by atoms with E-state index in [1.165, 1.54) is 11.8 Å². The summed E-state index contributed by atoms with van der Waals surface area (Å²) >= 11 is 0. The molecule has 3 rings (SSSR count). The Balaban J connectivity index is 1.53. The van der Waals surface area contributed by atoms with E-state index < -0.39 is 0 Å². The molecule has 22 heavy (non-hydrogen) atoms. The molecular formula is C17H17N3O2. The van der Waals surface area contributed by atoms with Crippen molar-refractivity contribution in [3.8, 4) is 6.07 Å². The molecule has 112 valence electrons. The van der Waals surface area contributed by atoms with Crippen LogP contribution in [0.3, 0.4) is 0 Å². The average Bonchev–Trinajstić information content (AvgIpc) is 3.10. The monoisotopic (exact) mass is 295 g/mol. The van der Waals surface area contributed by atoms with Crippen LogP contribution >= 0.6 is 0 Å². The van der Waals surface area contributed by atoms with E-state index in [4.69, 9.17) is 9.68 Å². The minimum absolute atomic E-state index is 0.0389. The van der Waals surface area contributed by atoms with Crippen molar-refractivity contribution in [1.29, 1.82) is 5.26 Å². The third kappa shape index (κ3) is 3.18. The number of benzene rings is 1. The summed E-state index contributed by atoms with van der Waals surface area (Å²) in [4.78, 5) is 16.3. The van der Waals surface area contributed by atoms with Crippen molar-refractivity contribution in [2.75, 3.05) is 26.2 Å². The quantitative estimate of drug-likeness (QED) is 0.870. The predicted molar refractivity (Wildman–Crippen MR) is 81.0 cm³/mol. The standard InChI is InChI=1S/C17H17N3O2/c18-12-14-3-5-15(6-4-14)13-19-7-9-20(10-8-19)17(21)16-2-1-11-22-16/h1-6,11H,7-10,13H2. The van der Waals surface area contributed by atoms with Crippen LogP contribution in [-0.2, 0) is 6.54 Å². The number of amides is 1. The lowest BCUT2D eigenvalue weighted by Gasteiger charge is -2.34. The van der Waals surface area contributed by atoms with Gasteiger partial charge in [-0.2, -0.15) is 5.26 Å². The number of carbonyl (C=O) groups excluding carboxylic acids is 1. The summed E-state index contributed by atoms with van der Waals surface area (Å²) < 4.78 is 5.16. The minimum atomic E-state index is -0.0389. The molecule has 5 nitrogen and oxygen atoms in total. The van der Waals surface area contributed by atoms with Crippen LogP contribution in [0.5, 0.6) is 0 Å². The highest BCUT2D eigenvalue weighted by Gasteiger charge is 2.23. The van der Waals surface area contributed by atoms with Gasteiger partial charge in [0.2, 0.25) is 0 Å². The van der Waals surface area contributed by atoms with E-state index in [0.29, 0.717) is 24.4 Å². The summed E-state index contributed by atoms with van der Waals surface area (Å²) in [6, 6.07) is 13.2. The van der Waals surface area contributed by atoms with Crippen LogP contribution in [-0.4, -0.2) is 41.9 Å². The van der Waals surface area contributed by atoms with Crippen LogP contribution in [0.4, 0.5) is 0 Å². The molecule has 1 aliphatic heterocycles. The molecule has 1 saturated heterocycles. The van der Waals surface area contributed by atoms with Gasteiger partial charge in [0, 0.05) is 32.7 Å². The van der Waals surface area contributed by atoms with Crippen LogP contribution in [0.15, 0.2) is 47.1 Å². The highest BCUT2D eigenvalue weighted by molar-refractivity contribution is 5.91. The number of nitriles is 1. The molecule has 2 aromatic rings. The Kier molecular flexibility index (Phi) is 4.22. The molecule has 1 amide bonds. The Morgan fingerprint density at radius 2 is 1.86 bits per heavy atom. The molecule has 1 aliphatic rings. The minimum Gasteiger partial charge on any atom is -0.459 e. The topological polar surface area (TPSA) is 60.5 Å². The third-order valence-electron chi connectivity index (χ3n) is 3.88. The number of hydrogen-bond donors (Lipinski definition) is 0. The van der Waals surface area contributed by atoms with Gasteiger partial charge < -0.3 is 9.32 Å². The molecule has 1 aromatic heterocycles. The van der Waals surface area contributed by atoms with Crippen molar-refractivity contribution in [1.82, 2.24) is 9.80 Å². The average molecular weight is 295 g/mol. The molecule has 0 aliphatic carbocycles. The lowest BCUT2D eigenvalue weighted by molar-refractivity contribution is 0.0598. The van der Waals surface area contributed by atoms with Crippen molar-refractivity contribution in [2.45, 2.75) is 6.54 Å². The van der Waals surface area contributed by atoms with Crippen LogP contribution in [0.25, 0.3) is 0 Å². The van der Waals surface area contributed by atoms with Crippen molar-refractivity contribution in [2.24, 2.45) is 0 Å². The van der Waals surface area contributed by atoms with Gasteiger partial charge in [0.05, 0.1) is 17.9 Å². The van der Waals surface area contributed by atoms with E-state index in [0.717, 1.165) is 19.6 Å². The van der Waals surface area contributed by atoms with E-state index >= 15 is 0 Å². The maximum atomic E-state index is 12.2.